The van der Waals surface area contributed by atoms with Crippen molar-refractivity contribution >= 4 is 32.8 Å². The molecule has 5 nitrogen and oxygen atoms in total. The van der Waals surface area contributed by atoms with Crippen molar-refractivity contribution in [2.45, 2.75) is 53.4 Å². The van der Waals surface area contributed by atoms with E-state index in [9.17, 15) is 0 Å². The second kappa shape index (κ2) is 16.6. The number of hydrogen-bond donors (Lipinski definition) is 0. The molecule has 7 aromatic carbocycles. The van der Waals surface area contributed by atoms with Crippen molar-refractivity contribution in [3.63, 3.8) is 0 Å². The minimum atomic E-state index is -0.00167. The Bertz CT molecular complexity index is 3200. The quantitative estimate of drug-likeness (QED) is 0.112. The Kier molecular flexibility index (Phi) is 11.0. The van der Waals surface area contributed by atoms with Gasteiger partial charge in [0, 0.05) is 44.3 Å². The van der Waals surface area contributed by atoms with Crippen molar-refractivity contribution < 1.29 is 30.4 Å². The van der Waals surface area contributed by atoms with E-state index >= 15 is 0 Å². The molecule has 0 saturated heterocycles. The molecule has 0 unspecified atom stereocenters. The van der Waals surface area contributed by atoms with Crippen molar-refractivity contribution in [2.24, 2.45) is 5.41 Å². The molecule has 10 aromatic rings. The number of hydrogen-bond acceptors (Lipinski definition) is 2. The molecule has 6 heteroatoms. The van der Waals surface area contributed by atoms with Crippen molar-refractivity contribution in [3.8, 4) is 50.9 Å². The molecule has 314 valence electrons. The Balaban J connectivity index is 0.00000504. The van der Waals surface area contributed by atoms with Crippen molar-refractivity contribution in [3.05, 3.63) is 200 Å². The maximum atomic E-state index is 6.68. The molecule has 0 aliphatic heterocycles. The van der Waals surface area contributed by atoms with Gasteiger partial charge < -0.3 is 13.9 Å². The molecule has 0 aliphatic rings. The number of fused-ring (bicyclic) bond motifs is 4. The van der Waals surface area contributed by atoms with Crippen LogP contribution in [0.15, 0.2) is 170 Å². The first kappa shape index (κ1) is 41.8. The molecule has 0 saturated carbocycles. The summed E-state index contributed by atoms with van der Waals surface area (Å²) in [5, 5.41) is 2.27. The van der Waals surface area contributed by atoms with Crippen molar-refractivity contribution in [2.75, 3.05) is 0 Å². The van der Waals surface area contributed by atoms with Crippen LogP contribution in [0.4, 0.5) is 0 Å². The molecule has 0 radical (unpaired) electrons. The van der Waals surface area contributed by atoms with Crippen LogP contribution in [0, 0.1) is 23.9 Å². The Morgan fingerprint density at radius 2 is 1.27 bits per heavy atom. The number of rotatable bonds is 8. The van der Waals surface area contributed by atoms with Crippen molar-refractivity contribution in [1.82, 2.24) is 14.1 Å². The van der Waals surface area contributed by atoms with Gasteiger partial charge in [0.15, 0.2) is 0 Å². The normalized spacial score (nSPS) is 11.9. The Labute approximate surface area is 384 Å². The van der Waals surface area contributed by atoms with E-state index in [-0.39, 0.29) is 31.9 Å². The van der Waals surface area contributed by atoms with Crippen LogP contribution in [-0.4, -0.2) is 14.1 Å². The van der Waals surface area contributed by atoms with E-state index in [1.165, 1.54) is 16.5 Å². The molecule has 0 fully saturated rings. The molecule has 63 heavy (non-hydrogen) atoms. The van der Waals surface area contributed by atoms with Crippen LogP contribution in [0.1, 0.15) is 52.7 Å². The second-order valence-corrected chi connectivity index (χ2v) is 18.4. The second-order valence-electron chi connectivity index (χ2n) is 18.4. The summed E-state index contributed by atoms with van der Waals surface area (Å²) < 4.78 is 13.2. The Hall–Kier alpha value is -6.55. The summed E-state index contributed by atoms with van der Waals surface area (Å²) in [5.74, 6) is 2.04. The third-order valence-corrected chi connectivity index (χ3v) is 11.5. The van der Waals surface area contributed by atoms with E-state index in [0.717, 1.165) is 73.3 Å². The van der Waals surface area contributed by atoms with Gasteiger partial charge in [-0.3, -0.25) is 4.57 Å². The molecule has 0 N–H and O–H groups in total. The molecule has 0 atom stereocenters. The average Bonchev–Trinajstić information content (AvgIpc) is 3.82. The minimum Gasteiger partial charge on any atom is -0.510 e. The monoisotopic (exact) mass is 999 g/mol. The van der Waals surface area contributed by atoms with E-state index in [4.69, 9.17) is 9.72 Å². The number of aromatic nitrogens is 4. The van der Waals surface area contributed by atoms with Gasteiger partial charge >= 0.3 is 0 Å². The predicted octanol–water partition coefficient (Wildman–Crippen LogP) is 13.8. The van der Waals surface area contributed by atoms with Crippen LogP contribution in [-0.2, 0) is 32.9 Å². The molecule has 10 rings (SSSR count). The van der Waals surface area contributed by atoms with Crippen LogP contribution in [0.25, 0.3) is 72.3 Å². The summed E-state index contributed by atoms with van der Waals surface area (Å²) in [4.78, 5) is 4.92. The van der Waals surface area contributed by atoms with Crippen LogP contribution in [0.2, 0.25) is 0 Å². The van der Waals surface area contributed by atoms with Crippen LogP contribution >= 0.6 is 0 Å². The summed E-state index contributed by atoms with van der Waals surface area (Å²) in [5.41, 5.74) is 13.0. The van der Waals surface area contributed by atoms with Gasteiger partial charge in [0.25, 0.3) is 6.33 Å². The van der Waals surface area contributed by atoms with E-state index in [0.29, 0.717) is 11.5 Å². The Morgan fingerprint density at radius 1 is 0.603 bits per heavy atom. The van der Waals surface area contributed by atoms with Gasteiger partial charge in [0.1, 0.15) is 5.82 Å². The molecular formula is C57H48N4OPt-2. The minimum absolute atomic E-state index is 0. The topological polar surface area (TPSA) is 35.9 Å². The number of ether oxygens (including phenoxy) is 1. The van der Waals surface area contributed by atoms with E-state index in [1.54, 1.807) is 0 Å². The fourth-order valence-corrected chi connectivity index (χ4v) is 8.63. The fourth-order valence-electron chi connectivity index (χ4n) is 8.63. The van der Waals surface area contributed by atoms with E-state index < -0.39 is 0 Å². The molecule has 0 aliphatic carbocycles. The maximum absolute atomic E-state index is 6.68. The van der Waals surface area contributed by atoms with Gasteiger partial charge in [0.05, 0.1) is 16.7 Å². The summed E-state index contributed by atoms with van der Waals surface area (Å²) >= 11 is 0. The third kappa shape index (κ3) is 8.15. The van der Waals surface area contributed by atoms with E-state index in [1.807, 2.05) is 24.4 Å². The first-order valence-electron chi connectivity index (χ1n) is 21.3. The zero-order chi connectivity index (χ0) is 42.6. The SMILES string of the molecule is CC(C)(C)Cc1ccnc(-n2c3[c-]c(Oc4[c-]c(-n5[c-][n+](-c6c(-c7ccccc7)cccc6-c6ccccc6)c6ccccc65)ccc4)ccc3c3cc(C(C)(C)C)ccc32)c1.[Pt]. The summed E-state index contributed by atoms with van der Waals surface area (Å²) in [7, 11) is 0. The molecule has 0 amide bonds. The number of para-hydroxylation sites is 3. The zero-order valence-electron chi connectivity index (χ0n) is 36.4. The number of imidazole rings is 1. The Morgan fingerprint density at radius 3 is 1.97 bits per heavy atom. The number of pyridine rings is 1. The zero-order valence-corrected chi connectivity index (χ0v) is 38.7. The number of nitrogens with zero attached hydrogens (tertiary/aromatic N) is 4. The van der Waals surface area contributed by atoms with Gasteiger partial charge in [0.2, 0.25) is 0 Å². The van der Waals surface area contributed by atoms with Gasteiger partial charge in [-0.1, -0.05) is 162 Å². The van der Waals surface area contributed by atoms with Gasteiger partial charge in [-0.15, -0.1) is 29.7 Å². The smallest absolute Gasteiger partial charge is 0.268 e. The van der Waals surface area contributed by atoms with Crippen LogP contribution in [0.3, 0.4) is 0 Å². The van der Waals surface area contributed by atoms with Gasteiger partial charge in [-0.25, -0.2) is 4.98 Å². The molecular weight excluding hydrogens is 952 g/mol. The fraction of sp³-hybridized carbons (Fsp3) is 0.158. The predicted molar refractivity (Wildman–Crippen MR) is 253 cm³/mol. The molecule has 3 heterocycles. The van der Waals surface area contributed by atoms with Crippen LogP contribution < -0.4 is 9.30 Å². The average molecular weight is 1000 g/mol. The number of benzene rings is 7. The summed E-state index contributed by atoms with van der Waals surface area (Å²) in [6, 6.07) is 64.7. The summed E-state index contributed by atoms with van der Waals surface area (Å²) in [6.07, 6.45) is 6.63. The van der Waals surface area contributed by atoms with Crippen LogP contribution in [0.5, 0.6) is 11.5 Å². The molecule has 3 aromatic heterocycles. The first-order chi connectivity index (χ1) is 30.0. The van der Waals surface area contributed by atoms with Crippen molar-refractivity contribution in [1.29, 1.82) is 0 Å². The first-order valence-corrected chi connectivity index (χ1v) is 21.3. The third-order valence-electron chi connectivity index (χ3n) is 11.5. The standard InChI is InChI=1S/C57H48N4O.Pt/c1-56(2,3)37-39-31-32-58-54(33-39)61-50-30-27-42(57(4,5)6)34-49(50)48-29-28-45(36-53(48)61)62-44-22-15-21-43(35-44)59-38-60(52-26-14-13-25-51(52)59)55-46(40-17-9-7-10-18-40)23-16-24-47(55)41-19-11-8-12-20-41;/h7-34H,37H2,1-6H3;/q-2;. The maximum Gasteiger partial charge on any atom is 0.268 e. The molecule has 0 bridgehead atoms. The van der Waals surface area contributed by atoms with Gasteiger partial charge in [-0.2, -0.15) is 18.2 Å². The largest absolute Gasteiger partial charge is 0.510 e. The van der Waals surface area contributed by atoms with Gasteiger partial charge in [-0.05, 0) is 79.9 Å². The summed E-state index contributed by atoms with van der Waals surface area (Å²) in [6.45, 7) is 13.6. The van der Waals surface area contributed by atoms with E-state index in [2.05, 4.69) is 219 Å². The molecule has 0 spiro atoms.